The third-order valence-electron chi connectivity index (χ3n) is 11.6. The summed E-state index contributed by atoms with van der Waals surface area (Å²) < 4.78 is 8.28. The summed E-state index contributed by atoms with van der Waals surface area (Å²) in [5.74, 6) is 0.941. The number of nitrogens with zero attached hydrogens (tertiary/aromatic N) is 3. The Kier molecular flexibility index (Phi) is 9.16. The average molecular weight is 772 g/mol. The molecule has 9 aromatic rings. The normalized spacial score (nSPS) is 12.1. The topological polar surface area (TPSA) is 64.1 Å². The summed E-state index contributed by atoms with van der Waals surface area (Å²) in [5.41, 5.74) is 16.5. The van der Waals surface area contributed by atoms with Crippen molar-refractivity contribution in [2.24, 2.45) is 0 Å². The van der Waals surface area contributed by atoms with Gasteiger partial charge in [-0.3, -0.25) is 9.55 Å². The second-order valence-electron chi connectivity index (χ2n) is 17.8. The van der Waals surface area contributed by atoms with Crippen LogP contribution >= 0.6 is 0 Å². The van der Waals surface area contributed by atoms with Gasteiger partial charge in [0.05, 0.1) is 40.4 Å². The zero-order chi connectivity index (χ0) is 41.2. The fourth-order valence-electron chi connectivity index (χ4n) is 8.47. The maximum Gasteiger partial charge on any atom is 0.152 e. The molecule has 0 aliphatic carbocycles. The fraction of sp³-hybridized carbons (Fsp3) is 0.185. The molecule has 292 valence electrons. The zero-order valence-electron chi connectivity index (χ0n) is 35.1. The van der Waals surface area contributed by atoms with Gasteiger partial charge >= 0.3 is 0 Å². The average Bonchev–Trinajstić information content (AvgIpc) is 3.82. The van der Waals surface area contributed by atoms with Crippen LogP contribution in [0.2, 0.25) is 0 Å². The summed E-state index contributed by atoms with van der Waals surface area (Å²) >= 11 is 0. The van der Waals surface area contributed by atoms with Gasteiger partial charge in [0.2, 0.25) is 0 Å². The first-order chi connectivity index (χ1) is 28.3. The Bertz CT molecular complexity index is 3020. The van der Waals surface area contributed by atoms with Crippen molar-refractivity contribution in [3.63, 3.8) is 0 Å². The first-order valence-electron chi connectivity index (χ1n) is 20.4. The number of aryl methyl sites for hydroxylation is 2. The number of phenols is 1. The molecule has 0 bridgehead atoms. The lowest BCUT2D eigenvalue weighted by atomic mass is 9.79. The highest BCUT2D eigenvalue weighted by Gasteiger charge is 2.29. The molecular formula is C54H49N3O2. The van der Waals surface area contributed by atoms with Crippen LogP contribution in [0.3, 0.4) is 0 Å². The van der Waals surface area contributed by atoms with Gasteiger partial charge in [0.25, 0.3) is 0 Å². The SMILES string of the molecule is Cc1cccc(C)c1-c1coc2cnc(-c3cccc(-c4cccc5c4nc(-c4cc(C(C)(C)C)cc(C(C)(C)C)c4O)n5-c4ccccc4-c4ccccc4)c3)cc12. The minimum Gasteiger partial charge on any atom is -0.507 e. The van der Waals surface area contributed by atoms with Gasteiger partial charge in [-0.05, 0) is 88.4 Å². The Labute approximate surface area is 346 Å². The van der Waals surface area contributed by atoms with Crippen LogP contribution < -0.4 is 0 Å². The molecule has 0 amide bonds. The third kappa shape index (κ3) is 6.71. The summed E-state index contributed by atoms with van der Waals surface area (Å²) in [6.45, 7) is 17.4. The lowest BCUT2D eigenvalue weighted by Crippen LogP contribution is -2.17. The number of pyridine rings is 1. The van der Waals surface area contributed by atoms with Crippen LogP contribution in [0.15, 0.2) is 150 Å². The van der Waals surface area contributed by atoms with E-state index in [0.717, 1.165) is 77.9 Å². The number of furan rings is 1. The van der Waals surface area contributed by atoms with E-state index in [4.69, 9.17) is 14.4 Å². The monoisotopic (exact) mass is 771 g/mol. The molecule has 0 aliphatic rings. The number of aromatic hydroxyl groups is 1. The van der Waals surface area contributed by atoms with E-state index in [2.05, 4.69) is 187 Å². The standard InChI is InChI=1S/C54H49N3O2/c1-33-17-14-18-34(2)49(33)43-32-59-48-31-55-45(30-41(43)48)37-22-15-21-36(27-37)40-24-16-26-47-50(40)56-52(42-28-38(53(3,4)5)29-44(51(42)58)54(6,7)8)57(47)46-25-13-12-23-39(46)35-19-10-9-11-20-35/h9-32,58H,1-8H3. The van der Waals surface area contributed by atoms with E-state index in [1.165, 1.54) is 16.7 Å². The van der Waals surface area contributed by atoms with Crippen molar-refractivity contribution >= 4 is 22.0 Å². The highest BCUT2D eigenvalue weighted by atomic mass is 16.3. The molecule has 0 spiro atoms. The number of hydrogen-bond donors (Lipinski definition) is 1. The lowest BCUT2D eigenvalue weighted by Gasteiger charge is -2.27. The maximum absolute atomic E-state index is 12.3. The molecule has 0 radical (unpaired) electrons. The molecular weight excluding hydrogens is 723 g/mol. The largest absolute Gasteiger partial charge is 0.507 e. The molecule has 0 saturated carbocycles. The zero-order valence-corrected chi connectivity index (χ0v) is 35.1. The van der Waals surface area contributed by atoms with Crippen molar-refractivity contribution in [2.75, 3.05) is 0 Å². The smallest absolute Gasteiger partial charge is 0.152 e. The van der Waals surface area contributed by atoms with Gasteiger partial charge in [0, 0.05) is 33.2 Å². The summed E-state index contributed by atoms with van der Waals surface area (Å²) in [4.78, 5) is 10.4. The number of rotatable bonds is 6. The van der Waals surface area contributed by atoms with Gasteiger partial charge in [-0.2, -0.15) is 0 Å². The van der Waals surface area contributed by atoms with Crippen molar-refractivity contribution in [1.29, 1.82) is 0 Å². The van der Waals surface area contributed by atoms with Gasteiger partial charge in [0.1, 0.15) is 11.6 Å². The Morgan fingerprint density at radius 1 is 0.593 bits per heavy atom. The Balaban J connectivity index is 1.28. The van der Waals surface area contributed by atoms with Gasteiger partial charge < -0.3 is 9.52 Å². The second kappa shape index (κ2) is 14.3. The Morgan fingerprint density at radius 3 is 2.00 bits per heavy atom. The summed E-state index contributed by atoms with van der Waals surface area (Å²) in [6, 6.07) is 46.7. The molecule has 5 heteroatoms. The van der Waals surface area contributed by atoms with Crippen molar-refractivity contribution < 1.29 is 9.52 Å². The molecule has 0 aliphatic heterocycles. The summed E-state index contributed by atoms with van der Waals surface area (Å²) in [5, 5.41) is 13.3. The number of para-hydroxylation sites is 2. The molecule has 0 saturated heterocycles. The minimum atomic E-state index is -0.308. The van der Waals surface area contributed by atoms with Crippen molar-refractivity contribution in [3.05, 3.63) is 168 Å². The highest BCUT2D eigenvalue weighted by Crippen LogP contribution is 2.45. The van der Waals surface area contributed by atoms with Gasteiger partial charge in [0.15, 0.2) is 5.58 Å². The van der Waals surface area contributed by atoms with Gasteiger partial charge in [-0.1, -0.05) is 145 Å². The first kappa shape index (κ1) is 37.8. The van der Waals surface area contributed by atoms with Crippen LogP contribution in [0.5, 0.6) is 5.75 Å². The number of hydrogen-bond acceptors (Lipinski definition) is 4. The third-order valence-corrected chi connectivity index (χ3v) is 11.6. The first-order valence-corrected chi connectivity index (χ1v) is 20.4. The van der Waals surface area contributed by atoms with Crippen molar-refractivity contribution in [1.82, 2.24) is 14.5 Å². The van der Waals surface area contributed by atoms with Crippen LogP contribution in [0.1, 0.15) is 63.8 Å². The molecule has 0 fully saturated rings. The molecule has 0 unspecified atom stereocenters. The van der Waals surface area contributed by atoms with Gasteiger partial charge in [-0.25, -0.2) is 4.98 Å². The molecule has 0 atom stereocenters. The Morgan fingerprint density at radius 2 is 1.25 bits per heavy atom. The highest BCUT2D eigenvalue weighted by molar-refractivity contribution is 5.99. The molecule has 1 N–H and O–H groups in total. The van der Waals surface area contributed by atoms with E-state index in [0.29, 0.717) is 11.4 Å². The van der Waals surface area contributed by atoms with Gasteiger partial charge in [-0.15, -0.1) is 0 Å². The van der Waals surface area contributed by atoms with Crippen LogP contribution in [0.25, 0.3) is 83.7 Å². The van der Waals surface area contributed by atoms with E-state index in [1.54, 1.807) is 0 Å². The summed E-state index contributed by atoms with van der Waals surface area (Å²) in [7, 11) is 0. The van der Waals surface area contributed by atoms with Crippen LogP contribution in [0, 0.1) is 13.8 Å². The lowest BCUT2D eigenvalue weighted by molar-refractivity contribution is 0.446. The van der Waals surface area contributed by atoms with E-state index in [9.17, 15) is 5.11 Å². The van der Waals surface area contributed by atoms with Crippen LogP contribution in [-0.2, 0) is 10.8 Å². The van der Waals surface area contributed by atoms with Crippen molar-refractivity contribution in [2.45, 2.75) is 66.2 Å². The quantitative estimate of drug-likeness (QED) is 0.183. The molecule has 59 heavy (non-hydrogen) atoms. The van der Waals surface area contributed by atoms with E-state index in [-0.39, 0.29) is 16.6 Å². The number of benzene rings is 6. The van der Waals surface area contributed by atoms with Crippen LogP contribution in [0.4, 0.5) is 0 Å². The molecule has 5 nitrogen and oxygen atoms in total. The number of fused-ring (bicyclic) bond motifs is 2. The summed E-state index contributed by atoms with van der Waals surface area (Å²) in [6.07, 6.45) is 3.68. The Hall–Kier alpha value is -6.72. The number of imidazole rings is 1. The molecule has 3 heterocycles. The maximum atomic E-state index is 12.3. The van der Waals surface area contributed by atoms with E-state index >= 15 is 0 Å². The molecule has 6 aromatic carbocycles. The number of aromatic nitrogens is 3. The van der Waals surface area contributed by atoms with E-state index < -0.39 is 0 Å². The molecule has 9 rings (SSSR count). The molecule has 3 aromatic heterocycles. The van der Waals surface area contributed by atoms with Crippen molar-refractivity contribution in [3.8, 4) is 67.5 Å². The fourth-order valence-corrected chi connectivity index (χ4v) is 8.47. The predicted molar refractivity (Wildman–Crippen MR) is 244 cm³/mol. The van der Waals surface area contributed by atoms with E-state index in [1.807, 2.05) is 18.5 Å². The minimum absolute atomic E-state index is 0.167. The second-order valence-corrected chi connectivity index (χ2v) is 17.8. The predicted octanol–water partition coefficient (Wildman–Crippen LogP) is 14.4. The van der Waals surface area contributed by atoms with Crippen LogP contribution in [-0.4, -0.2) is 19.6 Å². The number of phenolic OH excluding ortho intramolecular Hbond substituents is 1.